The molecular formula is C19H17NSi. The van der Waals surface area contributed by atoms with Crippen LogP contribution in [0.5, 0.6) is 0 Å². The molecule has 0 saturated carbocycles. The monoisotopic (exact) mass is 287 g/mol. The standard InChI is InChI=1S/C19H17NSi/c1-21(2)12-13-10-11-17-15-7-4-3-6-14(15)16-8-5-9-18(21)19(16)20(13)17/h3-11H,12H2,1-2H3. The number of hydrogen-bond acceptors (Lipinski definition) is 0. The number of aromatic nitrogens is 1. The predicted octanol–water partition coefficient (Wildman–Crippen LogP) is 4.26. The lowest BCUT2D eigenvalue weighted by atomic mass is 10.0. The summed E-state index contributed by atoms with van der Waals surface area (Å²) in [7, 11) is -1.39. The summed E-state index contributed by atoms with van der Waals surface area (Å²) < 4.78 is 2.52. The van der Waals surface area contributed by atoms with Gasteiger partial charge in [-0.3, -0.25) is 0 Å². The third-order valence-corrected chi connectivity index (χ3v) is 8.17. The summed E-state index contributed by atoms with van der Waals surface area (Å²) >= 11 is 0. The Morgan fingerprint density at radius 2 is 1.57 bits per heavy atom. The average Bonchev–Trinajstić information content (AvgIpc) is 2.90. The Morgan fingerprint density at radius 3 is 2.43 bits per heavy atom. The molecule has 4 aromatic rings. The Morgan fingerprint density at radius 1 is 0.810 bits per heavy atom. The van der Waals surface area contributed by atoms with E-state index in [0.717, 1.165) is 0 Å². The van der Waals surface area contributed by atoms with E-state index in [4.69, 9.17) is 0 Å². The molecule has 0 amide bonds. The Kier molecular flexibility index (Phi) is 1.97. The van der Waals surface area contributed by atoms with Crippen LogP contribution in [0, 0.1) is 0 Å². The van der Waals surface area contributed by atoms with Crippen molar-refractivity contribution in [1.29, 1.82) is 0 Å². The second-order valence-electron chi connectivity index (χ2n) is 6.85. The summed E-state index contributed by atoms with van der Waals surface area (Å²) in [6.07, 6.45) is 0. The highest BCUT2D eigenvalue weighted by atomic mass is 28.3. The van der Waals surface area contributed by atoms with E-state index >= 15 is 0 Å². The SMILES string of the molecule is C[Si]1(C)Cc2ccc3c4ccccc4c4cccc1c4n23. The first-order valence-electron chi connectivity index (χ1n) is 7.61. The fourth-order valence-corrected chi connectivity index (χ4v) is 6.94. The van der Waals surface area contributed by atoms with Crippen LogP contribution >= 0.6 is 0 Å². The molecule has 1 nitrogen and oxygen atoms in total. The van der Waals surface area contributed by atoms with E-state index in [2.05, 4.69) is 72.1 Å². The smallest absolute Gasteiger partial charge is 0.0891 e. The summed E-state index contributed by atoms with van der Waals surface area (Å²) in [6.45, 7) is 5.00. The Hall–Kier alpha value is -2.06. The van der Waals surface area contributed by atoms with Crippen molar-refractivity contribution < 1.29 is 0 Å². The molecule has 3 heterocycles. The Labute approximate surface area is 124 Å². The van der Waals surface area contributed by atoms with Gasteiger partial charge in [0.1, 0.15) is 0 Å². The van der Waals surface area contributed by atoms with Gasteiger partial charge in [-0.2, -0.15) is 0 Å². The van der Waals surface area contributed by atoms with Crippen molar-refractivity contribution in [3.05, 3.63) is 60.3 Å². The van der Waals surface area contributed by atoms with Gasteiger partial charge in [-0.25, -0.2) is 0 Å². The Balaban J connectivity index is 2.22. The van der Waals surface area contributed by atoms with Crippen molar-refractivity contribution in [2.24, 2.45) is 0 Å². The molecule has 0 spiro atoms. The van der Waals surface area contributed by atoms with Crippen LogP contribution in [-0.2, 0) is 6.04 Å². The van der Waals surface area contributed by atoms with Crippen LogP contribution in [0.4, 0.5) is 0 Å². The first kappa shape index (κ1) is 11.6. The van der Waals surface area contributed by atoms with E-state index in [1.54, 1.807) is 5.19 Å². The number of benzene rings is 2. The molecule has 1 aliphatic rings. The van der Waals surface area contributed by atoms with Crippen LogP contribution in [-0.4, -0.2) is 12.5 Å². The van der Waals surface area contributed by atoms with E-state index in [1.165, 1.54) is 38.9 Å². The molecule has 2 aromatic heterocycles. The van der Waals surface area contributed by atoms with Crippen molar-refractivity contribution >= 4 is 40.5 Å². The molecule has 0 fully saturated rings. The summed E-state index contributed by atoms with van der Waals surface area (Å²) in [6, 6.07) is 21.6. The summed E-state index contributed by atoms with van der Waals surface area (Å²) in [5.74, 6) is 0. The van der Waals surface area contributed by atoms with Crippen molar-refractivity contribution in [2.75, 3.05) is 0 Å². The molecule has 102 valence electrons. The van der Waals surface area contributed by atoms with Crippen molar-refractivity contribution in [3.8, 4) is 0 Å². The normalized spacial score (nSPS) is 16.3. The molecule has 0 bridgehead atoms. The summed E-state index contributed by atoms with van der Waals surface area (Å²) in [5.41, 5.74) is 4.33. The molecule has 2 aromatic carbocycles. The number of rotatable bonds is 0. The number of para-hydroxylation sites is 1. The maximum atomic E-state index is 2.52. The highest BCUT2D eigenvalue weighted by Crippen LogP contribution is 2.34. The van der Waals surface area contributed by atoms with Crippen LogP contribution in [0.2, 0.25) is 13.1 Å². The highest BCUT2D eigenvalue weighted by molar-refractivity contribution is 6.91. The number of hydrogen-bond donors (Lipinski definition) is 0. The fourth-order valence-electron chi connectivity index (χ4n) is 4.13. The summed E-state index contributed by atoms with van der Waals surface area (Å²) in [5, 5.41) is 5.78. The molecule has 0 unspecified atom stereocenters. The maximum Gasteiger partial charge on any atom is 0.0891 e. The van der Waals surface area contributed by atoms with Gasteiger partial charge < -0.3 is 4.40 Å². The maximum absolute atomic E-state index is 2.52. The van der Waals surface area contributed by atoms with E-state index in [9.17, 15) is 0 Å². The van der Waals surface area contributed by atoms with Gasteiger partial charge in [0, 0.05) is 16.5 Å². The van der Waals surface area contributed by atoms with E-state index in [0.29, 0.717) is 0 Å². The lowest BCUT2D eigenvalue weighted by molar-refractivity contribution is 1.10. The lowest BCUT2D eigenvalue weighted by Gasteiger charge is -2.30. The minimum Gasteiger partial charge on any atom is -0.313 e. The second kappa shape index (κ2) is 3.58. The quantitative estimate of drug-likeness (QED) is 0.336. The van der Waals surface area contributed by atoms with Crippen LogP contribution in [0.15, 0.2) is 54.6 Å². The zero-order valence-electron chi connectivity index (χ0n) is 12.4. The highest BCUT2D eigenvalue weighted by Gasteiger charge is 2.32. The van der Waals surface area contributed by atoms with Gasteiger partial charge in [0.05, 0.1) is 19.1 Å². The van der Waals surface area contributed by atoms with Crippen molar-refractivity contribution in [3.63, 3.8) is 0 Å². The summed E-state index contributed by atoms with van der Waals surface area (Å²) in [4.78, 5) is 0. The van der Waals surface area contributed by atoms with Gasteiger partial charge in [0.25, 0.3) is 0 Å². The molecule has 0 N–H and O–H groups in total. The van der Waals surface area contributed by atoms with Crippen LogP contribution < -0.4 is 5.19 Å². The molecular weight excluding hydrogens is 270 g/mol. The zero-order valence-corrected chi connectivity index (χ0v) is 13.4. The molecule has 0 atom stereocenters. The molecule has 2 heteroatoms. The molecule has 0 saturated heterocycles. The van der Waals surface area contributed by atoms with E-state index < -0.39 is 8.07 Å². The lowest BCUT2D eigenvalue weighted by Crippen LogP contribution is -2.47. The minimum atomic E-state index is -1.39. The van der Waals surface area contributed by atoms with Gasteiger partial charge in [-0.1, -0.05) is 55.6 Å². The van der Waals surface area contributed by atoms with Crippen molar-refractivity contribution in [1.82, 2.24) is 4.40 Å². The van der Waals surface area contributed by atoms with Crippen molar-refractivity contribution in [2.45, 2.75) is 19.1 Å². The average molecular weight is 287 g/mol. The van der Waals surface area contributed by atoms with Gasteiger partial charge in [0.2, 0.25) is 0 Å². The van der Waals surface area contributed by atoms with Crippen LogP contribution in [0.3, 0.4) is 0 Å². The number of fused-ring (bicyclic) bond motifs is 3. The molecule has 0 aliphatic carbocycles. The number of pyridine rings is 1. The second-order valence-corrected chi connectivity index (χ2v) is 11.5. The van der Waals surface area contributed by atoms with E-state index in [1.807, 2.05) is 0 Å². The Bertz CT molecular complexity index is 1040. The molecule has 5 rings (SSSR count). The first-order chi connectivity index (χ1) is 10.2. The predicted molar refractivity (Wildman–Crippen MR) is 93.2 cm³/mol. The molecule has 21 heavy (non-hydrogen) atoms. The number of nitrogens with zero attached hydrogens (tertiary/aromatic N) is 1. The van der Waals surface area contributed by atoms with Gasteiger partial charge in [0.15, 0.2) is 0 Å². The van der Waals surface area contributed by atoms with Crippen LogP contribution in [0.1, 0.15) is 5.69 Å². The van der Waals surface area contributed by atoms with Gasteiger partial charge >= 0.3 is 0 Å². The van der Waals surface area contributed by atoms with E-state index in [-0.39, 0.29) is 0 Å². The fraction of sp³-hybridized carbons (Fsp3) is 0.158. The third kappa shape index (κ3) is 1.31. The first-order valence-corrected chi connectivity index (χ1v) is 10.8. The minimum absolute atomic E-state index is 1.24. The molecule has 0 radical (unpaired) electrons. The largest absolute Gasteiger partial charge is 0.313 e. The van der Waals surface area contributed by atoms with Gasteiger partial charge in [-0.15, -0.1) is 0 Å². The molecule has 1 aliphatic heterocycles. The third-order valence-electron chi connectivity index (χ3n) is 5.07. The zero-order chi connectivity index (χ0) is 14.2. The topological polar surface area (TPSA) is 4.41 Å². The van der Waals surface area contributed by atoms with Crippen LogP contribution in [0.25, 0.3) is 27.2 Å². The van der Waals surface area contributed by atoms with Gasteiger partial charge in [-0.05, 0) is 28.7 Å².